The van der Waals surface area contributed by atoms with Gasteiger partial charge in [0.25, 0.3) is 5.91 Å². The largest absolute Gasteiger partial charge is 0.552 e. The van der Waals surface area contributed by atoms with E-state index in [0.29, 0.717) is 16.5 Å². The van der Waals surface area contributed by atoms with Gasteiger partial charge in [-0.2, -0.15) is 0 Å². The summed E-state index contributed by atoms with van der Waals surface area (Å²) < 4.78 is 12.0. The van der Waals surface area contributed by atoms with Crippen molar-refractivity contribution < 1.29 is 23.7 Å². The Kier molecular flexibility index (Phi) is 8.34. The Morgan fingerprint density at radius 3 is 2.59 bits per heavy atom. The molecule has 1 aliphatic heterocycles. The third kappa shape index (κ3) is 6.34. The van der Waals surface area contributed by atoms with E-state index in [1.54, 1.807) is 30.3 Å². The predicted molar refractivity (Wildman–Crippen MR) is 125 cm³/mol. The van der Waals surface area contributed by atoms with Gasteiger partial charge in [-0.1, -0.05) is 71.7 Å². The van der Waals surface area contributed by atoms with Crippen LogP contribution in [0.3, 0.4) is 0 Å². The van der Waals surface area contributed by atoms with E-state index in [1.165, 1.54) is 0 Å². The zero-order valence-electron chi connectivity index (χ0n) is 17.6. The smallest absolute Gasteiger partial charge is 0.506 e. The third-order valence-corrected chi connectivity index (χ3v) is 5.62. The van der Waals surface area contributed by atoms with Crippen molar-refractivity contribution in [3.05, 3.63) is 69.2 Å². The first-order valence-corrected chi connectivity index (χ1v) is 11.3. The van der Waals surface area contributed by atoms with Gasteiger partial charge in [-0.15, -0.1) is 0 Å². The van der Waals surface area contributed by atoms with Crippen molar-refractivity contribution in [1.29, 1.82) is 0 Å². The highest BCUT2D eigenvalue weighted by atomic mass is 79.9. The van der Waals surface area contributed by atoms with Crippen molar-refractivity contribution in [3.63, 3.8) is 0 Å². The molecule has 0 aliphatic carbocycles. The van der Waals surface area contributed by atoms with Gasteiger partial charge in [0.05, 0.1) is 23.1 Å². The summed E-state index contributed by atoms with van der Waals surface area (Å²) in [5.74, 6) is -1.76. The molecule has 0 bridgehead atoms. The number of amides is 2. The monoisotopic (exact) mass is 520 g/mol. The second kappa shape index (κ2) is 11.0. The number of hydrogen-bond acceptors (Lipinski definition) is 5. The zero-order valence-corrected chi connectivity index (χ0v) is 20.0. The predicted octanol–water partition coefficient (Wildman–Crippen LogP) is 3.71. The highest BCUT2D eigenvalue weighted by Crippen LogP contribution is 2.28. The molecule has 1 heterocycles. The van der Waals surface area contributed by atoms with Gasteiger partial charge in [0.1, 0.15) is 0 Å². The van der Waals surface area contributed by atoms with Crippen LogP contribution < -0.4 is 10.6 Å². The van der Waals surface area contributed by atoms with Crippen molar-refractivity contribution in [2.75, 3.05) is 6.54 Å². The van der Waals surface area contributed by atoms with Gasteiger partial charge >= 0.3 is 13.1 Å². The van der Waals surface area contributed by atoms with Crippen LogP contribution in [0.25, 0.3) is 0 Å². The molecule has 10 heteroatoms. The Labute approximate surface area is 200 Å². The number of halogens is 2. The average Bonchev–Trinajstić information content (AvgIpc) is 3.15. The van der Waals surface area contributed by atoms with Crippen molar-refractivity contribution in [2.24, 2.45) is 5.92 Å². The SMILES string of the molecule is CC(C)CC(NC(=O)CNC(=O)c1cc(Br)ccc1Cl)B1OC(=O)[C@H](c2ccccc2)O1. The van der Waals surface area contributed by atoms with Gasteiger partial charge in [-0.25, -0.2) is 0 Å². The van der Waals surface area contributed by atoms with E-state index >= 15 is 0 Å². The molecule has 1 unspecified atom stereocenters. The first-order valence-electron chi connectivity index (χ1n) is 10.2. The minimum absolute atomic E-state index is 0.202. The zero-order chi connectivity index (χ0) is 23.3. The van der Waals surface area contributed by atoms with Crippen LogP contribution in [0.15, 0.2) is 53.0 Å². The van der Waals surface area contributed by atoms with E-state index in [9.17, 15) is 14.4 Å². The molecule has 2 amide bonds. The number of nitrogens with one attached hydrogen (secondary N) is 2. The number of benzene rings is 2. The molecule has 2 N–H and O–H groups in total. The molecule has 2 atom stereocenters. The summed E-state index contributed by atoms with van der Waals surface area (Å²) in [4.78, 5) is 37.3. The van der Waals surface area contributed by atoms with Crippen molar-refractivity contribution in [1.82, 2.24) is 10.6 Å². The highest BCUT2D eigenvalue weighted by Gasteiger charge is 2.46. The maximum atomic E-state index is 12.5. The van der Waals surface area contributed by atoms with E-state index < -0.39 is 36.9 Å². The summed E-state index contributed by atoms with van der Waals surface area (Å²) in [6.45, 7) is 3.71. The van der Waals surface area contributed by atoms with Crippen LogP contribution in [-0.4, -0.2) is 37.4 Å². The quantitative estimate of drug-likeness (QED) is 0.517. The highest BCUT2D eigenvalue weighted by molar-refractivity contribution is 9.10. The molecule has 1 fully saturated rings. The normalized spacial score (nSPS) is 16.6. The number of carbonyl (C=O) groups excluding carboxylic acids is 3. The molecule has 32 heavy (non-hydrogen) atoms. The van der Waals surface area contributed by atoms with Gasteiger partial charge in [0.15, 0.2) is 6.10 Å². The van der Waals surface area contributed by atoms with Gasteiger partial charge in [0.2, 0.25) is 5.91 Å². The lowest BCUT2D eigenvalue weighted by molar-refractivity contribution is -0.136. The Balaban J connectivity index is 1.61. The van der Waals surface area contributed by atoms with E-state index in [-0.39, 0.29) is 23.0 Å². The van der Waals surface area contributed by atoms with Gasteiger partial charge in [-0.05, 0) is 36.1 Å². The van der Waals surface area contributed by atoms with Gasteiger partial charge < -0.3 is 19.9 Å². The van der Waals surface area contributed by atoms with E-state index in [0.717, 1.165) is 0 Å². The Morgan fingerprint density at radius 2 is 1.91 bits per heavy atom. The first kappa shape index (κ1) is 24.3. The molecule has 0 aromatic heterocycles. The molecule has 0 radical (unpaired) electrons. The van der Waals surface area contributed by atoms with Gasteiger partial charge in [-0.3, -0.25) is 14.4 Å². The van der Waals surface area contributed by atoms with Crippen LogP contribution in [0.1, 0.15) is 42.3 Å². The fourth-order valence-electron chi connectivity index (χ4n) is 3.34. The van der Waals surface area contributed by atoms with E-state index in [1.807, 2.05) is 32.0 Å². The molecule has 2 aromatic rings. The fraction of sp³-hybridized carbons (Fsp3) is 0.318. The molecule has 0 saturated carbocycles. The molecule has 168 valence electrons. The number of hydrogen-bond donors (Lipinski definition) is 2. The standard InChI is InChI=1S/C22H23BBrClN2O5/c1-13(2)10-18(23-31-20(22(30)32-23)14-6-4-3-5-7-14)27-19(28)12-26-21(29)16-11-15(24)8-9-17(16)25/h3-9,11,13,18,20H,10,12H2,1-2H3,(H,26,29)(H,27,28)/t18?,20-/m0/s1. The minimum atomic E-state index is -0.922. The average molecular weight is 522 g/mol. The van der Waals surface area contributed by atoms with Gasteiger partial charge in [0, 0.05) is 4.47 Å². The Hall–Kier alpha value is -2.36. The van der Waals surface area contributed by atoms with Crippen molar-refractivity contribution >= 4 is 52.4 Å². The maximum absolute atomic E-state index is 12.5. The lowest BCUT2D eigenvalue weighted by atomic mass is 9.74. The Morgan fingerprint density at radius 1 is 1.19 bits per heavy atom. The summed E-state index contributed by atoms with van der Waals surface area (Å²) in [6.07, 6.45) is -0.317. The second-order valence-corrected chi connectivity index (χ2v) is 9.17. The molecule has 3 rings (SSSR count). The van der Waals surface area contributed by atoms with Crippen LogP contribution in [0.5, 0.6) is 0 Å². The van der Waals surface area contributed by atoms with Crippen LogP contribution in [-0.2, 0) is 18.9 Å². The summed E-state index contributed by atoms with van der Waals surface area (Å²) in [5.41, 5.74) is 0.944. The molecule has 1 aliphatic rings. The van der Waals surface area contributed by atoms with Crippen LogP contribution in [0.4, 0.5) is 0 Å². The summed E-state index contributed by atoms with van der Waals surface area (Å²) in [5, 5.41) is 5.65. The van der Waals surface area contributed by atoms with Crippen LogP contribution >= 0.6 is 27.5 Å². The van der Waals surface area contributed by atoms with E-state index in [4.69, 9.17) is 20.9 Å². The number of carbonyl (C=O) groups is 3. The lowest BCUT2D eigenvalue weighted by Crippen LogP contribution is -2.50. The molecule has 1 saturated heterocycles. The number of rotatable bonds is 8. The molecule has 0 spiro atoms. The summed E-state index contributed by atoms with van der Waals surface area (Å²) in [6, 6.07) is 13.9. The molecule has 7 nitrogen and oxygen atoms in total. The fourth-order valence-corrected chi connectivity index (χ4v) is 3.91. The Bertz CT molecular complexity index is 992. The van der Waals surface area contributed by atoms with Crippen molar-refractivity contribution in [2.45, 2.75) is 32.3 Å². The molecule has 2 aromatic carbocycles. The minimum Gasteiger partial charge on any atom is -0.506 e. The lowest BCUT2D eigenvalue weighted by Gasteiger charge is -2.21. The second-order valence-electron chi connectivity index (χ2n) is 7.84. The van der Waals surface area contributed by atoms with Crippen molar-refractivity contribution in [3.8, 4) is 0 Å². The van der Waals surface area contributed by atoms with Crippen LogP contribution in [0.2, 0.25) is 5.02 Å². The molecular weight excluding hydrogens is 498 g/mol. The third-order valence-electron chi connectivity index (χ3n) is 4.80. The maximum Gasteiger partial charge on any atom is 0.552 e. The summed E-state index contributed by atoms with van der Waals surface area (Å²) >= 11 is 9.36. The topological polar surface area (TPSA) is 93.7 Å². The van der Waals surface area contributed by atoms with E-state index in [2.05, 4.69) is 26.6 Å². The summed E-state index contributed by atoms with van der Waals surface area (Å²) in [7, 11) is -0.922. The molecular formula is C22H23BBrClN2O5. The van der Waals surface area contributed by atoms with Crippen LogP contribution in [0, 0.1) is 5.92 Å². The first-order chi connectivity index (χ1) is 15.2.